The van der Waals surface area contributed by atoms with Crippen LogP contribution in [0, 0.1) is 0 Å². The maximum Gasteiger partial charge on any atom is 0.416 e. The highest BCUT2D eigenvalue weighted by molar-refractivity contribution is 7.80. The molecule has 0 bridgehead atoms. The quantitative estimate of drug-likeness (QED) is 0.344. The third kappa shape index (κ3) is 5.27. The second-order valence-electron chi connectivity index (χ2n) is 6.64. The van der Waals surface area contributed by atoms with E-state index in [1.165, 1.54) is 23.5 Å². The van der Waals surface area contributed by atoms with Crippen molar-refractivity contribution >= 4 is 45.3 Å². The number of aryl methyl sites for hydroxylation is 1. The number of hydrogen-bond donors (Lipinski definition) is 2. The normalized spacial score (nSPS) is 13.9. The molecule has 3 rings (SSSR count). The summed E-state index contributed by atoms with van der Waals surface area (Å²) in [6, 6.07) is 4.60. The van der Waals surface area contributed by atoms with Crippen LogP contribution in [0.1, 0.15) is 52.5 Å². The molecule has 0 fully saturated rings. The Labute approximate surface area is 176 Å². The summed E-state index contributed by atoms with van der Waals surface area (Å²) in [4.78, 5) is 13.7. The van der Waals surface area contributed by atoms with Gasteiger partial charge in [-0.25, -0.2) is 4.79 Å². The van der Waals surface area contributed by atoms with Crippen LogP contribution in [-0.4, -0.2) is 17.7 Å². The molecule has 29 heavy (non-hydrogen) atoms. The average molecular weight is 443 g/mol. The molecule has 0 aliphatic heterocycles. The van der Waals surface area contributed by atoms with Crippen LogP contribution in [0.4, 0.5) is 23.9 Å². The molecule has 4 nitrogen and oxygen atoms in total. The molecule has 2 aromatic rings. The average Bonchev–Trinajstić information content (AvgIpc) is 2.82. The van der Waals surface area contributed by atoms with Crippen LogP contribution < -0.4 is 10.6 Å². The number of carbonyl (C=O) groups is 1. The summed E-state index contributed by atoms with van der Waals surface area (Å²) < 4.78 is 43.3. The Morgan fingerprint density at radius 2 is 1.83 bits per heavy atom. The molecule has 1 heterocycles. The molecule has 0 amide bonds. The molecule has 0 atom stereocenters. The van der Waals surface area contributed by atoms with Crippen molar-refractivity contribution in [3.8, 4) is 0 Å². The van der Waals surface area contributed by atoms with Gasteiger partial charge in [0.25, 0.3) is 0 Å². The van der Waals surface area contributed by atoms with Crippen molar-refractivity contribution < 1.29 is 22.7 Å². The van der Waals surface area contributed by atoms with E-state index in [9.17, 15) is 18.0 Å². The minimum Gasteiger partial charge on any atom is -0.462 e. The lowest BCUT2D eigenvalue weighted by Gasteiger charge is -2.12. The van der Waals surface area contributed by atoms with Crippen molar-refractivity contribution in [2.75, 3.05) is 17.2 Å². The third-order valence-electron chi connectivity index (χ3n) is 4.60. The number of anilines is 2. The first kappa shape index (κ1) is 21.6. The minimum atomic E-state index is -4.39. The maximum absolute atomic E-state index is 12.7. The molecule has 1 aromatic carbocycles. The molecule has 0 spiro atoms. The van der Waals surface area contributed by atoms with Gasteiger partial charge < -0.3 is 15.4 Å². The van der Waals surface area contributed by atoms with E-state index in [0.29, 0.717) is 16.3 Å². The third-order valence-corrected chi connectivity index (χ3v) is 6.01. The minimum absolute atomic E-state index is 0.201. The first-order chi connectivity index (χ1) is 13.8. The van der Waals surface area contributed by atoms with E-state index in [1.807, 2.05) is 0 Å². The SMILES string of the molecule is CCOC(=O)c1c(NC(=S)Nc2ccc(C(F)(F)F)cc2)sc2c1CCCCC2. The molecule has 1 aliphatic carbocycles. The van der Waals surface area contributed by atoms with Gasteiger partial charge in [-0.05, 0) is 74.7 Å². The molecule has 0 radical (unpaired) electrons. The highest BCUT2D eigenvalue weighted by Gasteiger charge is 2.30. The standard InChI is InChI=1S/C20H21F3N2O2S2/c1-2-27-18(26)16-14-6-4-3-5-7-15(14)29-17(16)25-19(28)24-13-10-8-12(9-11-13)20(21,22)23/h8-11H,2-7H2,1H3,(H2,24,25,28). The smallest absolute Gasteiger partial charge is 0.416 e. The number of thiocarbonyl (C=S) groups is 1. The van der Waals surface area contributed by atoms with E-state index in [2.05, 4.69) is 10.6 Å². The number of halogens is 3. The number of ether oxygens (including phenoxy) is 1. The second kappa shape index (κ2) is 9.13. The summed E-state index contributed by atoms with van der Waals surface area (Å²) in [5, 5.41) is 6.72. The molecule has 1 aliphatic rings. The highest BCUT2D eigenvalue weighted by atomic mass is 32.1. The molecular formula is C20H21F3N2O2S2. The van der Waals surface area contributed by atoms with Gasteiger partial charge in [0.2, 0.25) is 0 Å². The van der Waals surface area contributed by atoms with Crippen LogP contribution in [-0.2, 0) is 23.8 Å². The predicted molar refractivity (Wildman–Crippen MR) is 113 cm³/mol. The topological polar surface area (TPSA) is 50.4 Å². The zero-order valence-electron chi connectivity index (χ0n) is 15.8. The fourth-order valence-corrected chi connectivity index (χ4v) is 4.82. The molecule has 156 valence electrons. The van der Waals surface area contributed by atoms with Gasteiger partial charge in [0.1, 0.15) is 5.00 Å². The summed E-state index contributed by atoms with van der Waals surface area (Å²) in [6.45, 7) is 2.03. The van der Waals surface area contributed by atoms with E-state index in [-0.39, 0.29) is 17.7 Å². The van der Waals surface area contributed by atoms with Gasteiger partial charge >= 0.3 is 12.1 Å². The lowest BCUT2D eigenvalue weighted by molar-refractivity contribution is -0.137. The van der Waals surface area contributed by atoms with Crippen molar-refractivity contribution in [2.45, 2.75) is 45.2 Å². The summed E-state index contributed by atoms with van der Waals surface area (Å²) in [6.07, 6.45) is 0.558. The first-order valence-corrected chi connectivity index (χ1v) is 10.6. The van der Waals surface area contributed by atoms with Crippen molar-refractivity contribution in [3.05, 3.63) is 45.8 Å². The Balaban J connectivity index is 1.78. The van der Waals surface area contributed by atoms with Crippen LogP contribution in [0.25, 0.3) is 0 Å². The lowest BCUT2D eigenvalue weighted by Crippen LogP contribution is -2.20. The van der Waals surface area contributed by atoms with Gasteiger partial charge in [0.15, 0.2) is 5.11 Å². The van der Waals surface area contributed by atoms with Crippen LogP contribution >= 0.6 is 23.6 Å². The number of alkyl halides is 3. The van der Waals surface area contributed by atoms with Crippen LogP contribution in [0.2, 0.25) is 0 Å². The van der Waals surface area contributed by atoms with E-state index in [1.54, 1.807) is 6.92 Å². The molecule has 0 unspecified atom stereocenters. The summed E-state index contributed by atoms with van der Waals surface area (Å²) >= 11 is 6.80. The zero-order chi connectivity index (χ0) is 21.0. The maximum atomic E-state index is 12.7. The van der Waals surface area contributed by atoms with Crippen molar-refractivity contribution in [1.29, 1.82) is 0 Å². The Kier molecular flexibility index (Phi) is 6.79. The number of hydrogen-bond acceptors (Lipinski definition) is 4. The number of benzene rings is 1. The number of fused-ring (bicyclic) bond motifs is 1. The Morgan fingerprint density at radius 1 is 1.14 bits per heavy atom. The second-order valence-corrected chi connectivity index (χ2v) is 8.16. The van der Waals surface area contributed by atoms with Crippen molar-refractivity contribution in [1.82, 2.24) is 0 Å². The number of carbonyl (C=O) groups excluding carboxylic acids is 1. The Bertz CT molecular complexity index is 892. The van der Waals surface area contributed by atoms with Gasteiger partial charge in [0.05, 0.1) is 17.7 Å². The summed E-state index contributed by atoms with van der Waals surface area (Å²) in [5.74, 6) is -0.383. The van der Waals surface area contributed by atoms with Crippen LogP contribution in [0.5, 0.6) is 0 Å². The van der Waals surface area contributed by atoms with E-state index in [0.717, 1.165) is 54.7 Å². The monoisotopic (exact) mass is 442 g/mol. The largest absolute Gasteiger partial charge is 0.462 e. The van der Waals surface area contributed by atoms with Crippen LogP contribution in [0.3, 0.4) is 0 Å². The van der Waals surface area contributed by atoms with Crippen LogP contribution in [0.15, 0.2) is 24.3 Å². The number of esters is 1. The molecule has 0 saturated carbocycles. The van der Waals surface area contributed by atoms with E-state index < -0.39 is 11.7 Å². The first-order valence-electron chi connectivity index (χ1n) is 9.36. The molecule has 9 heteroatoms. The van der Waals surface area contributed by atoms with E-state index in [4.69, 9.17) is 17.0 Å². The summed E-state index contributed by atoms with van der Waals surface area (Å²) in [5.41, 5.74) is 1.23. The fraction of sp³-hybridized carbons (Fsp3) is 0.400. The van der Waals surface area contributed by atoms with E-state index >= 15 is 0 Å². The predicted octanol–water partition coefficient (Wildman–Crippen LogP) is 6.02. The highest BCUT2D eigenvalue weighted by Crippen LogP contribution is 2.38. The zero-order valence-corrected chi connectivity index (χ0v) is 17.5. The number of thiophene rings is 1. The molecule has 0 saturated heterocycles. The molecular weight excluding hydrogens is 421 g/mol. The number of nitrogens with one attached hydrogen (secondary N) is 2. The fourth-order valence-electron chi connectivity index (χ4n) is 3.26. The Morgan fingerprint density at radius 3 is 2.48 bits per heavy atom. The van der Waals surface area contributed by atoms with Gasteiger partial charge in [-0.2, -0.15) is 13.2 Å². The van der Waals surface area contributed by atoms with Crippen molar-refractivity contribution in [2.24, 2.45) is 0 Å². The van der Waals surface area contributed by atoms with Gasteiger partial charge in [0, 0.05) is 10.6 Å². The van der Waals surface area contributed by atoms with Crippen molar-refractivity contribution in [3.63, 3.8) is 0 Å². The lowest BCUT2D eigenvalue weighted by atomic mass is 10.1. The molecule has 2 N–H and O–H groups in total. The van der Waals surface area contributed by atoms with Gasteiger partial charge in [-0.1, -0.05) is 6.42 Å². The van der Waals surface area contributed by atoms with Gasteiger partial charge in [-0.15, -0.1) is 11.3 Å². The summed E-state index contributed by atoms with van der Waals surface area (Å²) in [7, 11) is 0. The Hall–Kier alpha value is -2.13. The molecule has 1 aromatic heterocycles. The van der Waals surface area contributed by atoms with Gasteiger partial charge in [-0.3, -0.25) is 0 Å². The number of rotatable bonds is 4.